The molecule has 3 fully saturated rings. The van der Waals surface area contributed by atoms with Crippen LogP contribution in [0.1, 0.15) is 38.5 Å². The molecule has 6 aromatic carbocycles. The fourth-order valence-electron chi connectivity index (χ4n) is 11.4. The predicted octanol–water partition coefficient (Wildman–Crippen LogP) is 12.4. The monoisotopic (exact) mass is 1320 g/mol. The number of methoxy groups -OCH3 is 6. The van der Waals surface area contributed by atoms with E-state index in [1.807, 2.05) is 85.2 Å². The van der Waals surface area contributed by atoms with Crippen molar-refractivity contribution in [2.24, 2.45) is 17.8 Å². The Labute approximate surface area is 567 Å². The molecule has 3 N–H and O–H groups in total. The summed E-state index contributed by atoms with van der Waals surface area (Å²) in [5.41, 5.74) is 16.0. The Morgan fingerprint density at radius 1 is 0.459 bits per heavy atom. The van der Waals surface area contributed by atoms with Gasteiger partial charge >= 0.3 is 0 Å². The van der Waals surface area contributed by atoms with E-state index in [0.29, 0.717) is 30.0 Å². The number of amides is 1. The molecule has 0 saturated heterocycles. The maximum Gasteiger partial charge on any atom is 0.241 e. The number of nitrogens with one attached hydrogen (secondary N) is 2. The molecule has 12 aromatic rings. The van der Waals surface area contributed by atoms with Gasteiger partial charge in [0.1, 0.15) is 41.0 Å². The Morgan fingerprint density at radius 3 is 1.14 bits per heavy atom. The minimum Gasteiger partial charge on any atom is -0.497 e. The molecule has 98 heavy (non-hydrogen) atoms. The van der Waals surface area contributed by atoms with Crippen LogP contribution in [0.4, 0.5) is 34.1 Å². The van der Waals surface area contributed by atoms with Crippen LogP contribution in [0.5, 0.6) is 34.5 Å². The molecule has 3 saturated carbocycles. The van der Waals surface area contributed by atoms with Crippen LogP contribution in [0, 0.1) is 17.8 Å². The molecule has 6 aromatic heterocycles. The van der Waals surface area contributed by atoms with Crippen molar-refractivity contribution in [1.82, 2.24) is 65.0 Å². The second kappa shape index (κ2) is 29.7. The number of benzene rings is 6. The summed E-state index contributed by atoms with van der Waals surface area (Å²) in [5, 5.41) is 27.1. The number of aromatic amines is 1. The van der Waals surface area contributed by atoms with Crippen molar-refractivity contribution in [1.29, 1.82) is 0 Å². The van der Waals surface area contributed by atoms with E-state index in [-0.39, 0.29) is 19.1 Å². The van der Waals surface area contributed by atoms with E-state index in [0.717, 1.165) is 149 Å². The van der Waals surface area contributed by atoms with Crippen molar-refractivity contribution >= 4 is 73.1 Å². The third kappa shape index (κ3) is 15.8. The molecule has 0 atom stereocenters. The molecule has 0 aliphatic heterocycles. The summed E-state index contributed by atoms with van der Waals surface area (Å²) in [7, 11) is 11.6. The van der Waals surface area contributed by atoms with Gasteiger partial charge in [-0.2, -0.15) is 15.3 Å². The number of fused-ring (bicyclic) bond motifs is 3. The number of hydrogen-bond acceptors (Lipinski definition) is 20. The molecule has 24 nitrogen and oxygen atoms in total. The maximum atomic E-state index is 11.7. The maximum absolute atomic E-state index is 11.7. The molecule has 0 unspecified atom stereocenters. The smallest absolute Gasteiger partial charge is 0.241 e. The minimum absolute atomic E-state index is 0.0414. The number of aliphatic hydroxyl groups excluding tert-OH is 1. The Hall–Kier alpha value is -11.4. The largest absolute Gasteiger partial charge is 0.497 e. The van der Waals surface area contributed by atoms with Gasteiger partial charge in [0.15, 0.2) is 0 Å². The molecule has 3 aliphatic rings. The van der Waals surface area contributed by atoms with Crippen molar-refractivity contribution in [3.63, 3.8) is 0 Å². The lowest BCUT2D eigenvalue weighted by Gasteiger charge is -2.26. The van der Waals surface area contributed by atoms with Crippen LogP contribution in [0.15, 0.2) is 165 Å². The predicted molar refractivity (Wildman–Crippen MR) is 378 cm³/mol. The Balaban J connectivity index is 0.000000133. The SMILES string of the molecule is CNC(=O)Cn1cc(-c2cnc3ccc(N(CC4CC4)c4cc(OC)cc(OC)c4)cc3n2)cn1.COc1cc(OC)cc(N(CC2CC2)c2ccc3ncc(-c4cn[nH]c4)nc3c2)c1.COc1cc(OC)cc(N(CC2CC2)c2ccc3ncc(-c4cnn(CCO)c4)nc3c2)c1. The quantitative estimate of drug-likeness (QED) is 0.0480. The van der Waals surface area contributed by atoms with Crippen LogP contribution in [0.25, 0.3) is 66.9 Å². The van der Waals surface area contributed by atoms with Crippen LogP contribution >= 0.6 is 0 Å². The number of ether oxygens (including phenoxy) is 6. The number of carbonyl (C=O) groups excluding carboxylic acids is 1. The molecule has 24 heteroatoms. The number of carbonyl (C=O) groups is 1. The van der Waals surface area contributed by atoms with E-state index in [2.05, 4.69) is 91.8 Å². The Morgan fingerprint density at radius 2 is 0.816 bits per heavy atom. The first kappa shape index (κ1) is 65.3. The van der Waals surface area contributed by atoms with E-state index in [9.17, 15) is 4.79 Å². The molecular formula is C74H78N16O8. The second-order valence-electron chi connectivity index (χ2n) is 24.5. The first-order valence-electron chi connectivity index (χ1n) is 32.6. The lowest BCUT2D eigenvalue weighted by atomic mass is 10.1. The van der Waals surface area contributed by atoms with Crippen molar-refractivity contribution in [3.8, 4) is 68.3 Å². The molecule has 6 heterocycles. The average molecular weight is 1320 g/mol. The first-order chi connectivity index (χ1) is 47.9. The standard InChI is InChI=1S/C26H28N6O3.C25H27N5O3.C23H23N5O2/c1-27-26(33)16-31-15-18(12-29-31)25-13-28-23-7-6-19(10-24(23)30-25)32(14-17-4-5-17)20-8-21(34-2)11-22(9-20)35-3;1-32-21-9-20(10-22(12-21)33-2)30(15-17-3-4-17)19-5-6-23-24(11-19)28-25(14-26-23)18-13-27-29(16-18)7-8-31;1-29-19-7-18(8-20(10-19)30-2)28(14-15-3-4-15)17-5-6-21-22(9-17)27-23(13-24-21)16-11-25-26-12-16/h6-13,15,17H,4-5,14,16H2,1-3H3,(H,27,33);5-6,9-14,16-17,31H,3-4,7-8,15H2,1-2H3;5-13,15H,3-4,14H2,1-2H3,(H,25,26). The fourth-order valence-corrected chi connectivity index (χ4v) is 11.4. The number of anilines is 6. The van der Waals surface area contributed by atoms with Gasteiger partial charge in [0.05, 0.1) is 143 Å². The summed E-state index contributed by atoms with van der Waals surface area (Å²) in [6.07, 6.45) is 23.4. The highest BCUT2D eigenvalue weighted by Crippen LogP contribution is 2.43. The van der Waals surface area contributed by atoms with Gasteiger partial charge in [-0.05, 0) is 111 Å². The summed E-state index contributed by atoms with van der Waals surface area (Å²) in [5.74, 6) is 6.47. The lowest BCUT2D eigenvalue weighted by molar-refractivity contribution is -0.121. The second-order valence-corrected chi connectivity index (χ2v) is 24.5. The van der Waals surface area contributed by atoms with E-state index in [1.54, 1.807) is 102 Å². The number of H-pyrrole nitrogens is 1. The minimum atomic E-state index is -0.112. The number of aromatic nitrogens is 12. The topological polar surface area (TPSA) is 256 Å². The van der Waals surface area contributed by atoms with Crippen LogP contribution < -0.4 is 48.4 Å². The van der Waals surface area contributed by atoms with Gasteiger partial charge in [-0.3, -0.25) is 34.2 Å². The molecule has 1 amide bonds. The van der Waals surface area contributed by atoms with Gasteiger partial charge in [0, 0.05) is 151 Å². The third-order valence-corrected chi connectivity index (χ3v) is 17.4. The normalized spacial score (nSPS) is 13.2. The molecule has 0 radical (unpaired) electrons. The first-order valence-corrected chi connectivity index (χ1v) is 32.6. The van der Waals surface area contributed by atoms with E-state index in [4.69, 9.17) is 48.5 Å². The molecule has 502 valence electrons. The van der Waals surface area contributed by atoms with Crippen LogP contribution in [0.3, 0.4) is 0 Å². The zero-order valence-electron chi connectivity index (χ0n) is 55.9. The van der Waals surface area contributed by atoms with E-state index >= 15 is 0 Å². The van der Waals surface area contributed by atoms with Crippen molar-refractivity contribution in [2.45, 2.75) is 51.6 Å². The van der Waals surface area contributed by atoms with Crippen molar-refractivity contribution in [3.05, 3.63) is 165 Å². The van der Waals surface area contributed by atoms with Crippen LogP contribution in [-0.2, 0) is 17.9 Å². The highest BCUT2D eigenvalue weighted by atomic mass is 16.5. The Bertz CT molecular complexity index is 4680. The van der Waals surface area contributed by atoms with Gasteiger partial charge in [-0.25, -0.2) is 15.0 Å². The summed E-state index contributed by atoms with van der Waals surface area (Å²) >= 11 is 0. The number of likely N-dealkylation sites (N-methyl/N-ethyl adjacent to an activating group) is 1. The van der Waals surface area contributed by atoms with E-state index in [1.165, 1.54) is 38.5 Å². The molecule has 15 rings (SSSR count). The van der Waals surface area contributed by atoms with Gasteiger partial charge in [0.25, 0.3) is 0 Å². The summed E-state index contributed by atoms with van der Waals surface area (Å²) in [6, 6.07) is 36.4. The molecule has 3 aliphatic carbocycles. The summed E-state index contributed by atoms with van der Waals surface area (Å²) in [6.45, 7) is 3.41. The molecular weight excluding hydrogens is 1240 g/mol. The zero-order valence-corrected chi connectivity index (χ0v) is 55.9. The van der Waals surface area contributed by atoms with Crippen molar-refractivity contribution < 1.29 is 38.3 Å². The molecule has 0 bridgehead atoms. The zero-order chi connectivity index (χ0) is 67.7. The summed E-state index contributed by atoms with van der Waals surface area (Å²) < 4.78 is 36.3. The highest BCUT2D eigenvalue weighted by Gasteiger charge is 2.29. The molecule has 0 spiro atoms. The number of hydrogen-bond donors (Lipinski definition) is 3. The summed E-state index contributed by atoms with van der Waals surface area (Å²) in [4.78, 5) is 46.9. The number of nitrogens with zero attached hydrogens (tertiary/aromatic N) is 14. The highest BCUT2D eigenvalue weighted by molar-refractivity contribution is 5.86. The average Bonchev–Trinajstić information content (AvgIpc) is 1.40. The third-order valence-electron chi connectivity index (χ3n) is 17.4. The Kier molecular flexibility index (Phi) is 19.8. The fraction of sp³-hybridized carbons (Fsp3) is 0.297. The number of aliphatic hydroxyl groups is 1. The van der Waals surface area contributed by atoms with Crippen LogP contribution in [-0.4, -0.2) is 147 Å². The van der Waals surface area contributed by atoms with E-state index < -0.39 is 0 Å². The number of rotatable bonds is 25. The van der Waals surface area contributed by atoms with Gasteiger partial charge < -0.3 is 53.5 Å². The van der Waals surface area contributed by atoms with Gasteiger partial charge in [-0.15, -0.1) is 0 Å². The lowest BCUT2D eigenvalue weighted by Crippen LogP contribution is -2.23. The van der Waals surface area contributed by atoms with Gasteiger partial charge in [-0.1, -0.05) is 0 Å². The van der Waals surface area contributed by atoms with Crippen molar-refractivity contribution in [2.75, 3.05) is 90.6 Å². The van der Waals surface area contributed by atoms with Gasteiger partial charge in [0.2, 0.25) is 5.91 Å². The van der Waals surface area contributed by atoms with Crippen LogP contribution in [0.2, 0.25) is 0 Å².